The number of nitrogens with two attached hydrogens (primary N) is 1. The third kappa shape index (κ3) is 4.11. The van der Waals surface area contributed by atoms with E-state index in [1.54, 1.807) is 18.9 Å². The first kappa shape index (κ1) is 13.5. The molecule has 2 N–H and O–H groups in total. The van der Waals surface area contributed by atoms with Gasteiger partial charge in [0, 0.05) is 13.7 Å². The summed E-state index contributed by atoms with van der Waals surface area (Å²) in [6.45, 7) is 4.71. The van der Waals surface area contributed by atoms with Crippen molar-refractivity contribution >= 4 is 11.8 Å². The van der Waals surface area contributed by atoms with Gasteiger partial charge in [-0.1, -0.05) is 19.0 Å². The van der Waals surface area contributed by atoms with Crippen molar-refractivity contribution in [2.75, 3.05) is 19.4 Å². The Morgan fingerprint density at radius 3 is 2.81 bits per heavy atom. The van der Waals surface area contributed by atoms with E-state index >= 15 is 0 Å². The number of methoxy groups -OCH3 is 1. The van der Waals surface area contributed by atoms with Gasteiger partial charge >= 0.3 is 0 Å². The molecule has 0 saturated heterocycles. The van der Waals surface area contributed by atoms with E-state index in [4.69, 9.17) is 15.0 Å². The molecule has 1 heterocycles. The zero-order valence-corrected chi connectivity index (χ0v) is 10.8. The van der Waals surface area contributed by atoms with E-state index in [9.17, 15) is 0 Å². The van der Waals surface area contributed by atoms with Crippen molar-refractivity contribution in [3.05, 3.63) is 11.7 Å². The molecule has 1 unspecified atom stereocenters. The Hall–Kier alpha value is -0.590. The molecule has 5 nitrogen and oxygen atoms in total. The summed E-state index contributed by atoms with van der Waals surface area (Å²) in [5.74, 6) is 3.70. The van der Waals surface area contributed by atoms with Crippen LogP contribution in [-0.4, -0.2) is 29.5 Å². The summed E-state index contributed by atoms with van der Waals surface area (Å²) in [7, 11) is 1.58. The van der Waals surface area contributed by atoms with Crippen LogP contribution in [0.1, 0.15) is 31.7 Å². The number of aromatic nitrogens is 2. The lowest BCUT2D eigenvalue weighted by Crippen LogP contribution is -2.14. The number of ether oxygens (including phenoxy) is 1. The predicted molar refractivity (Wildman–Crippen MR) is 64.1 cm³/mol. The van der Waals surface area contributed by atoms with Gasteiger partial charge in [-0.25, -0.2) is 0 Å². The summed E-state index contributed by atoms with van der Waals surface area (Å²) >= 11 is 1.80. The minimum absolute atomic E-state index is 0.295. The smallest absolute Gasteiger partial charge is 0.257 e. The fourth-order valence-electron chi connectivity index (χ4n) is 1.14. The Balaban J connectivity index is 2.44. The van der Waals surface area contributed by atoms with Crippen LogP contribution in [0.5, 0.6) is 0 Å². The molecule has 0 aliphatic rings. The first-order valence-electron chi connectivity index (χ1n) is 5.30. The second-order valence-electron chi connectivity index (χ2n) is 3.92. The zero-order chi connectivity index (χ0) is 12.0. The number of thioether (sulfide) groups is 1. The minimum Gasteiger partial charge on any atom is -0.370 e. The Morgan fingerprint density at radius 2 is 2.25 bits per heavy atom. The predicted octanol–water partition coefficient (Wildman–Crippen LogP) is 1.61. The van der Waals surface area contributed by atoms with Gasteiger partial charge in [-0.2, -0.15) is 16.7 Å². The van der Waals surface area contributed by atoms with E-state index in [0.29, 0.717) is 24.2 Å². The minimum atomic E-state index is -0.295. The molecule has 0 amide bonds. The Kier molecular flexibility index (Phi) is 5.79. The molecule has 0 aromatic carbocycles. The summed E-state index contributed by atoms with van der Waals surface area (Å²) in [6, 6.07) is 0. The molecular formula is C10H19N3O2S. The summed E-state index contributed by atoms with van der Waals surface area (Å²) < 4.78 is 10.2. The van der Waals surface area contributed by atoms with E-state index in [0.717, 1.165) is 11.5 Å². The summed E-state index contributed by atoms with van der Waals surface area (Å²) in [5, 5.41) is 3.89. The van der Waals surface area contributed by atoms with Crippen molar-refractivity contribution < 1.29 is 9.26 Å². The zero-order valence-electron chi connectivity index (χ0n) is 9.97. The molecule has 0 aliphatic heterocycles. The summed E-state index contributed by atoms with van der Waals surface area (Å²) in [5.41, 5.74) is 5.51. The molecule has 0 saturated carbocycles. The topological polar surface area (TPSA) is 74.2 Å². The first-order chi connectivity index (χ1) is 7.67. The van der Waals surface area contributed by atoms with Gasteiger partial charge in [-0.3, -0.25) is 0 Å². The molecule has 0 radical (unpaired) electrons. The van der Waals surface area contributed by atoms with E-state index in [1.165, 1.54) is 0 Å². The third-order valence-electron chi connectivity index (χ3n) is 1.94. The van der Waals surface area contributed by atoms with Crippen LogP contribution in [-0.2, 0) is 10.5 Å². The lowest BCUT2D eigenvalue weighted by molar-refractivity contribution is 0.0804. The van der Waals surface area contributed by atoms with Crippen LogP contribution in [0.2, 0.25) is 0 Å². The molecule has 0 aliphatic carbocycles. The van der Waals surface area contributed by atoms with Crippen LogP contribution in [0.4, 0.5) is 0 Å². The standard InChI is InChI=1S/C10H19N3O2S/c1-7(2)5-16-6-9-12-10(15-13-9)8(4-11)14-3/h7-8H,4-6,11H2,1-3H3. The maximum Gasteiger partial charge on any atom is 0.257 e. The molecular weight excluding hydrogens is 226 g/mol. The van der Waals surface area contributed by atoms with Crippen LogP contribution in [0.3, 0.4) is 0 Å². The van der Waals surface area contributed by atoms with Crippen molar-refractivity contribution in [1.29, 1.82) is 0 Å². The quantitative estimate of drug-likeness (QED) is 0.786. The van der Waals surface area contributed by atoms with E-state index in [1.807, 2.05) is 0 Å². The second kappa shape index (κ2) is 6.88. The number of nitrogens with zero attached hydrogens (tertiary/aromatic N) is 2. The Morgan fingerprint density at radius 1 is 1.50 bits per heavy atom. The van der Waals surface area contributed by atoms with E-state index < -0.39 is 0 Å². The molecule has 0 fully saturated rings. The van der Waals surface area contributed by atoms with Crippen molar-refractivity contribution in [2.45, 2.75) is 25.7 Å². The molecule has 0 bridgehead atoms. The highest BCUT2D eigenvalue weighted by Crippen LogP contribution is 2.16. The molecule has 92 valence electrons. The molecule has 6 heteroatoms. The molecule has 1 atom stereocenters. The highest BCUT2D eigenvalue weighted by molar-refractivity contribution is 7.98. The number of hydrogen-bond acceptors (Lipinski definition) is 6. The van der Waals surface area contributed by atoms with Crippen molar-refractivity contribution in [3.8, 4) is 0 Å². The lowest BCUT2D eigenvalue weighted by atomic mass is 10.3. The SMILES string of the molecule is COC(CN)c1nc(CSCC(C)C)no1. The van der Waals surface area contributed by atoms with Crippen molar-refractivity contribution in [2.24, 2.45) is 11.7 Å². The van der Waals surface area contributed by atoms with Crippen LogP contribution >= 0.6 is 11.8 Å². The lowest BCUT2D eigenvalue weighted by Gasteiger charge is -2.05. The number of rotatable bonds is 7. The van der Waals surface area contributed by atoms with Gasteiger partial charge in [0.1, 0.15) is 6.10 Å². The highest BCUT2D eigenvalue weighted by atomic mass is 32.2. The molecule has 1 aromatic heterocycles. The van der Waals surface area contributed by atoms with Gasteiger partial charge in [0.2, 0.25) is 0 Å². The summed E-state index contributed by atoms with van der Waals surface area (Å²) in [6.07, 6.45) is -0.295. The van der Waals surface area contributed by atoms with E-state index in [-0.39, 0.29) is 6.10 Å². The monoisotopic (exact) mass is 245 g/mol. The average molecular weight is 245 g/mol. The third-order valence-corrected chi connectivity index (χ3v) is 3.30. The van der Waals surface area contributed by atoms with Gasteiger partial charge in [0.15, 0.2) is 5.82 Å². The first-order valence-corrected chi connectivity index (χ1v) is 6.46. The summed E-state index contributed by atoms with van der Waals surface area (Å²) in [4.78, 5) is 4.25. The van der Waals surface area contributed by atoms with Crippen molar-refractivity contribution in [3.63, 3.8) is 0 Å². The molecule has 16 heavy (non-hydrogen) atoms. The van der Waals surface area contributed by atoms with Gasteiger partial charge in [0.25, 0.3) is 5.89 Å². The molecule has 1 aromatic rings. The van der Waals surface area contributed by atoms with Crippen molar-refractivity contribution in [1.82, 2.24) is 10.1 Å². The van der Waals surface area contributed by atoms with Crippen LogP contribution in [0.25, 0.3) is 0 Å². The molecule has 0 spiro atoms. The fraction of sp³-hybridized carbons (Fsp3) is 0.800. The van der Waals surface area contributed by atoms with Gasteiger partial charge < -0.3 is 15.0 Å². The Labute approximate surface area is 100 Å². The molecule has 1 rings (SSSR count). The highest BCUT2D eigenvalue weighted by Gasteiger charge is 2.16. The largest absolute Gasteiger partial charge is 0.370 e. The normalized spacial score (nSPS) is 13.3. The number of hydrogen-bond donors (Lipinski definition) is 1. The van der Waals surface area contributed by atoms with Gasteiger partial charge in [0.05, 0.1) is 5.75 Å². The Bertz CT molecular complexity index is 300. The maximum atomic E-state index is 5.51. The van der Waals surface area contributed by atoms with Crippen LogP contribution in [0.15, 0.2) is 4.52 Å². The maximum absolute atomic E-state index is 5.51. The van der Waals surface area contributed by atoms with E-state index in [2.05, 4.69) is 24.0 Å². The van der Waals surface area contributed by atoms with Crippen LogP contribution in [0, 0.1) is 5.92 Å². The fourth-order valence-corrected chi connectivity index (χ4v) is 2.03. The van der Waals surface area contributed by atoms with Gasteiger partial charge in [-0.15, -0.1) is 0 Å². The van der Waals surface area contributed by atoms with Gasteiger partial charge in [-0.05, 0) is 11.7 Å². The average Bonchev–Trinajstić information content (AvgIpc) is 2.68. The van der Waals surface area contributed by atoms with Crippen LogP contribution < -0.4 is 5.73 Å². The second-order valence-corrected chi connectivity index (χ2v) is 4.95.